The molecule has 1 amide bonds. The summed E-state index contributed by atoms with van der Waals surface area (Å²) in [5, 5.41) is 7.28. The molecule has 0 spiro atoms. The number of amides is 1. The van der Waals surface area contributed by atoms with Gasteiger partial charge < -0.3 is 11.1 Å². The van der Waals surface area contributed by atoms with Crippen molar-refractivity contribution in [1.29, 1.82) is 0 Å². The fourth-order valence-corrected chi connectivity index (χ4v) is 2.54. The largest absolute Gasteiger partial charge is 0.364 e. The Morgan fingerprint density at radius 2 is 2.14 bits per heavy atom. The van der Waals surface area contributed by atoms with Gasteiger partial charge in [0.1, 0.15) is 0 Å². The van der Waals surface area contributed by atoms with Crippen molar-refractivity contribution in [3.63, 3.8) is 0 Å². The molecule has 0 radical (unpaired) electrons. The van der Waals surface area contributed by atoms with Gasteiger partial charge in [0.2, 0.25) is 0 Å². The molecule has 8 heteroatoms. The molecular weight excluding hydrogens is 360 g/mol. The molecular formula is C13H12BrClN4O2. The van der Waals surface area contributed by atoms with Crippen molar-refractivity contribution in [3.8, 4) is 0 Å². The number of benzene rings is 1. The van der Waals surface area contributed by atoms with E-state index < -0.39 is 5.91 Å². The molecule has 0 aliphatic carbocycles. The number of anilines is 2. The van der Waals surface area contributed by atoms with Gasteiger partial charge in [0, 0.05) is 17.1 Å². The van der Waals surface area contributed by atoms with Gasteiger partial charge in [0.05, 0.1) is 16.4 Å². The summed E-state index contributed by atoms with van der Waals surface area (Å²) in [7, 11) is 1.46. The van der Waals surface area contributed by atoms with Crippen molar-refractivity contribution in [2.24, 2.45) is 12.8 Å². The molecule has 0 saturated carbocycles. The van der Waals surface area contributed by atoms with Gasteiger partial charge >= 0.3 is 0 Å². The average Bonchev–Trinajstić information content (AvgIpc) is 2.41. The van der Waals surface area contributed by atoms with Gasteiger partial charge in [-0.1, -0.05) is 27.5 Å². The van der Waals surface area contributed by atoms with E-state index in [0.29, 0.717) is 16.3 Å². The molecule has 1 heterocycles. The zero-order chi connectivity index (χ0) is 15.7. The van der Waals surface area contributed by atoms with Crippen molar-refractivity contribution in [1.82, 2.24) is 9.78 Å². The quantitative estimate of drug-likeness (QED) is 0.866. The molecule has 3 N–H and O–H groups in total. The number of aryl methyl sites for hydroxylation is 1. The highest BCUT2D eigenvalue weighted by atomic mass is 79.9. The molecule has 0 unspecified atom stereocenters. The standard InChI is InChI=1S/C13H12BrClN4O2/c1-6-10(11(12(16)20)18-19(2)13(6)21)17-9-4-3-7(14)5-8(9)15/h3-5,17H,1-2H3,(H2,16,20). The monoisotopic (exact) mass is 370 g/mol. The van der Waals surface area contributed by atoms with Gasteiger partial charge in [-0.2, -0.15) is 5.10 Å². The Labute approximate surface area is 134 Å². The maximum Gasteiger partial charge on any atom is 0.271 e. The fraction of sp³-hybridized carbons (Fsp3) is 0.154. The number of nitrogens with two attached hydrogens (primary N) is 1. The Morgan fingerprint density at radius 1 is 1.48 bits per heavy atom. The summed E-state index contributed by atoms with van der Waals surface area (Å²) in [5.41, 5.74) is 6.11. The predicted molar refractivity (Wildman–Crippen MR) is 85.2 cm³/mol. The first-order valence-electron chi connectivity index (χ1n) is 5.91. The number of nitrogens with one attached hydrogen (secondary N) is 1. The first-order valence-corrected chi connectivity index (χ1v) is 7.08. The van der Waals surface area contributed by atoms with E-state index in [0.717, 1.165) is 9.15 Å². The third kappa shape index (κ3) is 3.08. The number of hydrogen-bond acceptors (Lipinski definition) is 4. The molecule has 0 saturated heterocycles. The number of halogens is 2. The van der Waals surface area contributed by atoms with E-state index in [-0.39, 0.29) is 16.9 Å². The van der Waals surface area contributed by atoms with Crippen LogP contribution in [-0.2, 0) is 7.05 Å². The van der Waals surface area contributed by atoms with Crippen molar-refractivity contribution >= 4 is 44.8 Å². The van der Waals surface area contributed by atoms with Gasteiger partial charge in [0.25, 0.3) is 11.5 Å². The van der Waals surface area contributed by atoms with E-state index in [2.05, 4.69) is 26.3 Å². The molecule has 0 atom stereocenters. The zero-order valence-corrected chi connectivity index (χ0v) is 13.6. The maximum absolute atomic E-state index is 12.0. The van der Waals surface area contributed by atoms with Crippen LogP contribution in [0.2, 0.25) is 5.02 Å². The Bertz CT molecular complexity index is 788. The van der Waals surface area contributed by atoms with E-state index in [1.54, 1.807) is 25.1 Å². The lowest BCUT2D eigenvalue weighted by molar-refractivity contribution is 0.0994. The van der Waals surface area contributed by atoms with Crippen LogP contribution in [0.25, 0.3) is 0 Å². The van der Waals surface area contributed by atoms with E-state index >= 15 is 0 Å². The van der Waals surface area contributed by atoms with Crippen LogP contribution in [0.1, 0.15) is 16.1 Å². The molecule has 0 fully saturated rings. The van der Waals surface area contributed by atoms with Crippen LogP contribution < -0.4 is 16.6 Å². The maximum atomic E-state index is 12.0. The van der Waals surface area contributed by atoms with E-state index in [4.69, 9.17) is 17.3 Å². The van der Waals surface area contributed by atoms with Gasteiger partial charge in [-0.25, -0.2) is 4.68 Å². The predicted octanol–water partition coefficient (Wildman–Crippen LogP) is 2.35. The average molecular weight is 372 g/mol. The van der Waals surface area contributed by atoms with Crippen molar-refractivity contribution in [3.05, 3.63) is 49.3 Å². The SMILES string of the molecule is Cc1c(Nc2ccc(Br)cc2Cl)c(C(N)=O)nn(C)c1=O. The highest BCUT2D eigenvalue weighted by molar-refractivity contribution is 9.10. The highest BCUT2D eigenvalue weighted by Gasteiger charge is 2.18. The number of hydrogen-bond donors (Lipinski definition) is 2. The molecule has 1 aromatic carbocycles. The summed E-state index contributed by atoms with van der Waals surface area (Å²) in [6.45, 7) is 1.59. The Balaban J connectivity index is 2.60. The van der Waals surface area contributed by atoms with Crippen LogP contribution in [0.3, 0.4) is 0 Å². The van der Waals surface area contributed by atoms with Crippen LogP contribution in [0, 0.1) is 6.92 Å². The first-order chi connectivity index (χ1) is 9.81. The Morgan fingerprint density at radius 3 is 2.71 bits per heavy atom. The molecule has 1 aromatic heterocycles. The molecule has 21 heavy (non-hydrogen) atoms. The van der Waals surface area contributed by atoms with Gasteiger partial charge in [0.15, 0.2) is 5.69 Å². The van der Waals surface area contributed by atoms with Crippen molar-refractivity contribution in [2.45, 2.75) is 6.92 Å². The van der Waals surface area contributed by atoms with Gasteiger partial charge in [-0.3, -0.25) is 9.59 Å². The summed E-state index contributed by atoms with van der Waals surface area (Å²) in [5.74, 6) is -0.732. The smallest absolute Gasteiger partial charge is 0.271 e. The number of carbonyl (C=O) groups is 1. The third-order valence-corrected chi connectivity index (χ3v) is 3.71. The van der Waals surface area contributed by atoms with Crippen LogP contribution in [-0.4, -0.2) is 15.7 Å². The minimum Gasteiger partial charge on any atom is -0.364 e. The molecule has 0 aliphatic rings. The number of carbonyl (C=O) groups excluding carboxylic acids is 1. The normalized spacial score (nSPS) is 10.5. The Kier molecular flexibility index (Phi) is 4.34. The lowest BCUT2D eigenvalue weighted by Crippen LogP contribution is -2.28. The molecule has 0 aliphatic heterocycles. The summed E-state index contributed by atoms with van der Waals surface area (Å²) in [6, 6.07) is 5.19. The Hall–Kier alpha value is -1.86. The van der Waals surface area contributed by atoms with Gasteiger partial charge in [-0.05, 0) is 25.1 Å². The number of primary amides is 1. The summed E-state index contributed by atoms with van der Waals surface area (Å²) in [4.78, 5) is 23.5. The van der Waals surface area contributed by atoms with Crippen molar-refractivity contribution in [2.75, 3.05) is 5.32 Å². The van der Waals surface area contributed by atoms with Crippen LogP contribution in [0.5, 0.6) is 0 Å². The van der Waals surface area contributed by atoms with Crippen LogP contribution in [0.4, 0.5) is 11.4 Å². The fourth-order valence-electron chi connectivity index (χ4n) is 1.82. The minimum atomic E-state index is -0.732. The van der Waals surface area contributed by atoms with E-state index in [1.165, 1.54) is 7.05 Å². The summed E-state index contributed by atoms with van der Waals surface area (Å²) in [6.07, 6.45) is 0. The molecule has 6 nitrogen and oxygen atoms in total. The van der Waals surface area contributed by atoms with E-state index in [1.807, 2.05) is 0 Å². The lowest BCUT2D eigenvalue weighted by atomic mass is 10.2. The molecule has 0 bridgehead atoms. The second kappa shape index (κ2) is 5.87. The third-order valence-electron chi connectivity index (χ3n) is 2.90. The number of nitrogens with zero attached hydrogens (tertiary/aromatic N) is 2. The van der Waals surface area contributed by atoms with Crippen molar-refractivity contribution < 1.29 is 4.79 Å². The second-order valence-electron chi connectivity index (χ2n) is 4.39. The number of aromatic nitrogens is 2. The zero-order valence-electron chi connectivity index (χ0n) is 11.3. The van der Waals surface area contributed by atoms with Crippen LogP contribution >= 0.6 is 27.5 Å². The molecule has 110 valence electrons. The van der Waals surface area contributed by atoms with E-state index in [9.17, 15) is 9.59 Å². The highest BCUT2D eigenvalue weighted by Crippen LogP contribution is 2.29. The van der Waals surface area contributed by atoms with Gasteiger partial charge in [-0.15, -0.1) is 0 Å². The number of rotatable bonds is 3. The summed E-state index contributed by atoms with van der Waals surface area (Å²) >= 11 is 9.43. The molecule has 2 rings (SSSR count). The lowest BCUT2D eigenvalue weighted by Gasteiger charge is -2.14. The summed E-state index contributed by atoms with van der Waals surface area (Å²) < 4.78 is 1.89. The first kappa shape index (κ1) is 15.5. The second-order valence-corrected chi connectivity index (χ2v) is 5.71. The molecule has 2 aromatic rings. The topological polar surface area (TPSA) is 90.0 Å². The minimum absolute atomic E-state index is 0.0198. The van der Waals surface area contributed by atoms with Crippen LogP contribution in [0.15, 0.2) is 27.5 Å².